The van der Waals surface area contributed by atoms with Crippen molar-refractivity contribution in [2.24, 2.45) is 0 Å². The highest BCUT2D eigenvalue weighted by Gasteiger charge is 2.29. The highest BCUT2D eigenvalue weighted by Crippen LogP contribution is 2.29. The van der Waals surface area contributed by atoms with Gasteiger partial charge in [0.1, 0.15) is 11.6 Å². The van der Waals surface area contributed by atoms with E-state index in [-0.39, 0.29) is 17.5 Å². The quantitative estimate of drug-likeness (QED) is 0.454. The van der Waals surface area contributed by atoms with Gasteiger partial charge in [-0.3, -0.25) is 9.69 Å². The Balaban J connectivity index is 1.50. The molecule has 0 unspecified atom stereocenters. The maximum atomic E-state index is 12.9. The fourth-order valence-corrected chi connectivity index (χ4v) is 4.55. The van der Waals surface area contributed by atoms with Gasteiger partial charge < -0.3 is 4.90 Å². The minimum atomic E-state index is -0.179. The van der Waals surface area contributed by atoms with Crippen LogP contribution in [0.1, 0.15) is 22.0 Å². The summed E-state index contributed by atoms with van der Waals surface area (Å²) in [5, 5.41) is 11.4. The van der Waals surface area contributed by atoms with Gasteiger partial charge in [0.25, 0.3) is 5.91 Å². The fourth-order valence-electron chi connectivity index (χ4n) is 3.90. The van der Waals surface area contributed by atoms with Crippen LogP contribution in [0.4, 0.5) is 0 Å². The van der Waals surface area contributed by atoms with Crippen LogP contribution in [0.5, 0.6) is 0 Å². The van der Waals surface area contributed by atoms with Gasteiger partial charge in [0, 0.05) is 31.1 Å². The van der Waals surface area contributed by atoms with Crippen LogP contribution < -0.4 is 0 Å². The number of amides is 1. The van der Waals surface area contributed by atoms with Crippen LogP contribution in [0.3, 0.4) is 0 Å². The van der Waals surface area contributed by atoms with Crippen LogP contribution in [0.25, 0.3) is 6.08 Å². The molecule has 0 N–H and O–H groups in total. The molecule has 4 nitrogen and oxygen atoms in total. The van der Waals surface area contributed by atoms with Crippen molar-refractivity contribution in [3.63, 3.8) is 0 Å². The molecule has 1 aromatic heterocycles. The number of hydrogen-bond acceptors (Lipinski definition) is 4. The molecule has 4 rings (SSSR count). The SMILES string of the molecule is N#C/C(=C/c1cccs1)C(=O)N1CCN(C(c2ccccc2)c2ccccc2)CC1. The normalized spacial score (nSPS) is 15.2. The summed E-state index contributed by atoms with van der Waals surface area (Å²) >= 11 is 1.52. The zero-order valence-electron chi connectivity index (χ0n) is 16.6. The molecule has 0 spiro atoms. The van der Waals surface area contributed by atoms with E-state index < -0.39 is 0 Å². The Morgan fingerprint density at radius 1 is 0.900 bits per heavy atom. The van der Waals surface area contributed by atoms with Crippen LogP contribution in [0.2, 0.25) is 0 Å². The maximum absolute atomic E-state index is 12.9. The summed E-state index contributed by atoms with van der Waals surface area (Å²) in [5.41, 5.74) is 2.70. The Labute approximate surface area is 181 Å². The molecule has 1 aliphatic heterocycles. The highest BCUT2D eigenvalue weighted by atomic mass is 32.1. The second kappa shape index (κ2) is 9.53. The molecule has 3 aromatic rings. The van der Waals surface area contributed by atoms with E-state index in [9.17, 15) is 10.1 Å². The minimum absolute atomic E-state index is 0.154. The van der Waals surface area contributed by atoms with Crippen molar-refractivity contribution in [1.82, 2.24) is 9.80 Å². The van der Waals surface area contributed by atoms with Crippen LogP contribution in [-0.4, -0.2) is 41.9 Å². The molecular formula is C25H23N3OS. The Kier molecular flexibility index (Phi) is 6.38. The van der Waals surface area contributed by atoms with Crippen molar-refractivity contribution in [1.29, 1.82) is 5.26 Å². The van der Waals surface area contributed by atoms with Gasteiger partial charge in [0.2, 0.25) is 0 Å². The monoisotopic (exact) mass is 413 g/mol. The lowest BCUT2D eigenvalue weighted by atomic mass is 9.96. The average molecular weight is 414 g/mol. The van der Waals surface area contributed by atoms with E-state index in [4.69, 9.17) is 0 Å². The number of carbonyl (C=O) groups excluding carboxylic acids is 1. The van der Waals surface area contributed by atoms with Crippen molar-refractivity contribution < 1.29 is 4.79 Å². The van der Waals surface area contributed by atoms with Gasteiger partial charge in [-0.2, -0.15) is 5.26 Å². The third-order valence-electron chi connectivity index (χ3n) is 5.38. The molecule has 1 fully saturated rings. The van der Waals surface area contributed by atoms with Crippen molar-refractivity contribution in [3.05, 3.63) is 99.8 Å². The van der Waals surface area contributed by atoms with Crippen molar-refractivity contribution in [3.8, 4) is 6.07 Å². The van der Waals surface area contributed by atoms with Gasteiger partial charge in [-0.05, 0) is 28.6 Å². The Morgan fingerprint density at radius 3 is 2.00 bits per heavy atom. The lowest BCUT2D eigenvalue weighted by Crippen LogP contribution is -2.50. The first-order valence-electron chi connectivity index (χ1n) is 10.0. The molecule has 0 bridgehead atoms. The van der Waals surface area contributed by atoms with Gasteiger partial charge in [0.15, 0.2) is 0 Å². The molecule has 0 radical (unpaired) electrons. The molecule has 0 saturated carbocycles. The average Bonchev–Trinajstić information content (AvgIpc) is 3.32. The third kappa shape index (κ3) is 4.51. The Hall–Kier alpha value is -3.20. The molecule has 150 valence electrons. The number of carbonyl (C=O) groups is 1. The molecular weight excluding hydrogens is 390 g/mol. The summed E-state index contributed by atoms with van der Waals surface area (Å²) in [5.74, 6) is -0.179. The Morgan fingerprint density at radius 2 is 1.50 bits per heavy atom. The largest absolute Gasteiger partial charge is 0.335 e. The van der Waals surface area contributed by atoms with Crippen LogP contribution >= 0.6 is 11.3 Å². The summed E-state index contributed by atoms with van der Waals surface area (Å²) < 4.78 is 0. The molecule has 1 aliphatic rings. The Bertz CT molecular complexity index is 992. The summed E-state index contributed by atoms with van der Waals surface area (Å²) in [6.45, 7) is 2.74. The molecule has 5 heteroatoms. The number of thiophene rings is 1. The van der Waals surface area contributed by atoms with Crippen molar-refractivity contribution in [2.75, 3.05) is 26.2 Å². The fraction of sp³-hybridized carbons (Fsp3) is 0.200. The third-order valence-corrected chi connectivity index (χ3v) is 6.20. The van der Waals surface area contributed by atoms with E-state index in [1.807, 2.05) is 29.6 Å². The van der Waals surface area contributed by atoms with E-state index >= 15 is 0 Å². The van der Waals surface area contributed by atoms with Gasteiger partial charge in [-0.25, -0.2) is 0 Å². The summed E-state index contributed by atoms with van der Waals surface area (Å²) in [4.78, 5) is 18.0. The topological polar surface area (TPSA) is 47.3 Å². The number of hydrogen-bond donors (Lipinski definition) is 0. The second-order valence-corrected chi connectivity index (χ2v) is 8.22. The summed E-state index contributed by atoms with van der Waals surface area (Å²) in [6, 6.07) is 27.1. The van der Waals surface area contributed by atoms with E-state index in [0.29, 0.717) is 13.1 Å². The number of benzene rings is 2. The van der Waals surface area contributed by atoms with Gasteiger partial charge in [-0.1, -0.05) is 66.7 Å². The van der Waals surface area contributed by atoms with E-state index in [1.165, 1.54) is 22.5 Å². The standard InChI is InChI=1S/C25H23N3OS/c26-19-22(18-23-12-7-17-30-23)25(29)28-15-13-27(14-16-28)24(20-8-3-1-4-9-20)21-10-5-2-6-11-21/h1-12,17-18,24H,13-16H2/b22-18-. The smallest absolute Gasteiger partial charge is 0.264 e. The molecule has 1 amide bonds. The minimum Gasteiger partial charge on any atom is -0.335 e. The molecule has 0 aliphatic carbocycles. The van der Waals surface area contributed by atoms with Crippen molar-refractivity contribution in [2.45, 2.75) is 6.04 Å². The zero-order chi connectivity index (χ0) is 20.8. The number of nitrogens with zero attached hydrogens (tertiary/aromatic N) is 3. The molecule has 2 aromatic carbocycles. The lowest BCUT2D eigenvalue weighted by Gasteiger charge is -2.39. The number of nitriles is 1. The van der Waals surface area contributed by atoms with Crippen LogP contribution in [0.15, 0.2) is 83.7 Å². The number of rotatable bonds is 5. The zero-order valence-corrected chi connectivity index (χ0v) is 17.5. The molecule has 0 atom stereocenters. The number of piperazine rings is 1. The predicted octanol–water partition coefficient (Wildman–Crippen LogP) is 4.59. The molecule has 1 saturated heterocycles. The summed E-state index contributed by atoms with van der Waals surface area (Å²) in [6.07, 6.45) is 1.69. The molecule has 2 heterocycles. The first-order valence-corrected chi connectivity index (χ1v) is 10.9. The first kappa shape index (κ1) is 20.1. The lowest BCUT2D eigenvalue weighted by molar-refractivity contribution is -0.128. The van der Waals surface area contributed by atoms with E-state index in [2.05, 4.69) is 59.5 Å². The second-order valence-electron chi connectivity index (χ2n) is 7.24. The van der Waals surface area contributed by atoms with Gasteiger partial charge >= 0.3 is 0 Å². The van der Waals surface area contributed by atoms with E-state index in [0.717, 1.165) is 18.0 Å². The van der Waals surface area contributed by atoms with E-state index in [1.54, 1.807) is 11.0 Å². The predicted molar refractivity (Wildman–Crippen MR) is 121 cm³/mol. The van der Waals surface area contributed by atoms with Crippen LogP contribution in [0, 0.1) is 11.3 Å². The van der Waals surface area contributed by atoms with Crippen LogP contribution in [-0.2, 0) is 4.79 Å². The summed E-state index contributed by atoms with van der Waals surface area (Å²) in [7, 11) is 0. The first-order chi connectivity index (χ1) is 14.8. The highest BCUT2D eigenvalue weighted by molar-refractivity contribution is 7.10. The van der Waals surface area contributed by atoms with Gasteiger partial charge in [-0.15, -0.1) is 11.3 Å². The van der Waals surface area contributed by atoms with Gasteiger partial charge in [0.05, 0.1) is 6.04 Å². The molecule has 30 heavy (non-hydrogen) atoms. The maximum Gasteiger partial charge on any atom is 0.264 e. The van der Waals surface area contributed by atoms with Crippen molar-refractivity contribution >= 4 is 23.3 Å².